The zero-order chi connectivity index (χ0) is 15.3. The summed E-state index contributed by atoms with van der Waals surface area (Å²) in [5.41, 5.74) is -1.05. The van der Waals surface area contributed by atoms with Crippen molar-refractivity contribution in [2.45, 2.75) is 12.3 Å². The maximum atomic E-state index is 13.0. The number of halogens is 3. The predicted molar refractivity (Wildman–Crippen MR) is 67.3 cm³/mol. The molecule has 1 N–H and O–H groups in total. The van der Waals surface area contributed by atoms with E-state index >= 15 is 0 Å². The molecule has 1 aromatic carbocycles. The number of likely N-dealkylation sites (N-methyl/N-ethyl adjacent to an activating group) is 1. The van der Waals surface area contributed by atoms with Crippen molar-refractivity contribution in [1.82, 2.24) is 0 Å². The molecule has 0 amide bonds. The van der Waals surface area contributed by atoms with Crippen molar-refractivity contribution in [3.05, 3.63) is 29.3 Å². The summed E-state index contributed by atoms with van der Waals surface area (Å²) in [5.74, 6) is 0. The van der Waals surface area contributed by atoms with E-state index in [1.54, 1.807) is 6.07 Å². The molecule has 0 aliphatic heterocycles. The van der Waals surface area contributed by atoms with E-state index in [-0.39, 0.29) is 24.4 Å². The third-order valence-electron chi connectivity index (χ3n) is 2.69. The number of anilines is 1. The van der Waals surface area contributed by atoms with Crippen LogP contribution in [0.3, 0.4) is 0 Å². The molecule has 20 heavy (non-hydrogen) atoms. The van der Waals surface area contributed by atoms with Crippen LogP contribution >= 0.6 is 0 Å². The topological polar surface area (TPSA) is 56.5 Å². The number of aliphatic hydroxyl groups is 1. The molecule has 1 unspecified atom stereocenters. The third kappa shape index (κ3) is 4.11. The number of nitriles is 1. The van der Waals surface area contributed by atoms with Crippen molar-refractivity contribution >= 4 is 5.69 Å². The molecular formula is C13H15F3N2O2. The lowest BCUT2D eigenvalue weighted by molar-refractivity contribution is -0.137. The first-order valence-electron chi connectivity index (χ1n) is 5.79. The van der Waals surface area contributed by atoms with E-state index in [2.05, 4.69) is 0 Å². The zero-order valence-corrected chi connectivity index (χ0v) is 11.1. The molecule has 1 atom stereocenters. The van der Waals surface area contributed by atoms with Gasteiger partial charge in [0.15, 0.2) is 0 Å². The summed E-state index contributed by atoms with van der Waals surface area (Å²) in [6.07, 6.45) is -5.47. The molecule has 0 saturated carbocycles. The largest absolute Gasteiger partial charge is 0.418 e. The predicted octanol–water partition coefficient (Wildman–Crippen LogP) is 2.02. The second-order valence-corrected chi connectivity index (χ2v) is 4.33. The summed E-state index contributed by atoms with van der Waals surface area (Å²) >= 11 is 0. The van der Waals surface area contributed by atoms with Crippen LogP contribution < -0.4 is 4.90 Å². The minimum atomic E-state index is -4.57. The molecular weight excluding hydrogens is 273 g/mol. The fourth-order valence-electron chi connectivity index (χ4n) is 1.83. The molecule has 0 radical (unpaired) electrons. The molecule has 0 saturated heterocycles. The van der Waals surface area contributed by atoms with Gasteiger partial charge >= 0.3 is 6.18 Å². The molecule has 0 aliphatic carbocycles. The van der Waals surface area contributed by atoms with E-state index in [9.17, 15) is 18.3 Å². The molecule has 0 aromatic heterocycles. The van der Waals surface area contributed by atoms with E-state index in [1.807, 2.05) is 0 Å². The molecule has 0 fully saturated rings. The number of hydrogen-bond acceptors (Lipinski definition) is 4. The van der Waals surface area contributed by atoms with Gasteiger partial charge in [0.1, 0.15) is 0 Å². The fourth-order valence-corrected chi connectivity index (χ4v) is 1.83. The first-order chi connectivity index (χ1) is 9.29. The average Bonchev–Trinajstić information content (AvgIpc) is 2.37. The van der Waals surface area contributed by atoms with Crippen LogP contribution in [0.2, 0.25) is 0 Å². The van der Waals surface area contributed by atoms with Crippen molar-refractivity contribution in [2.24, 2.45) is 0 Å². The van der Waals surface area contributed by atoms with Crippen LogP contribution in [0.25, 0.3) is 0 Å². The average molecular weight is 288 g/mol. The highest BCUT2D eigenvalue weighted by Crippen LogP contribution is 2.36. The molecule has 7 heteroatoms. The van der Waals surface area contributed by atoms with Crippen molar-refractivity contribution < 1.29 is 23.0 Å². The van der Waals surface area contributed by atoms with Gasteiger partial charge in [-0.05, 0) is 18.2 Å². The molecule has 1 rings (SSSR count). The number of aliphatic hydroxyl groups excluding tert-OH is 1. The quantitative estimate of drug-likeness (QED) is 0.900. The Morgan fingerprint density at radius 3 is 2.60 bits per heavy atom. The molecule has 0 aliphatic rings. The Balaban J connectivity index is 3.08. The second kappa shape index (κ2) is 6.59. The van der Waals surface area contributed by atoms with E-state index in [4.69, 9.17) is 10.00 Å². The minimum absolute atomic E-state index is 0.0111. The van der Waals surface area contributed by atoms with Gasteiger partial charge < -0.3 is 14.7 Å². The van der Waals surface area contributed by atoms with Gasteiger partial charge in [0, 0.05) is 26.4 Å². The van der Waals surface area contributed by atoms with Crippen LogP contribution in [0.15, 0.2) is 18.2 Å². The smallest absolute Gasteiger partial charge is 0.389 e. The lowest BCUT2D eigenvalue weighted by Gasteiger charge is -2.25. The Bertz CT molecular complexity index is 497. The Kier molecular flexibility index (Phi) is 5.36. The summed E-state index contributed by atoms with van der Waals surface area (Å²) in [5, 5.41) is 18.3. The number of ether oxygens (including phenoxy) is 1. The van der Waals surface area contributed by atoms with Crippen LogP contribution in [0.4, 0.5) is 18.9 Å². The molecule has 0 heterocycles. The van der Waals surface area contributed by atoms with Gasteiger partial charge in [-0.3, -0.25) is 0 Å². The summed E-state index contributed by atoms with van der Waals surface area (Å²) in [4.78, 5) is 1.29. The van der Waals surface area contributed by atoms with Gasteiger partial charge in [0.2, 0.25) is 0 Å². The molecule has 0 bridgehead atoms. The Labute approximate surface area is 115 Å². The highest BCUT2D eigenvalue weighted by molar-refractivity contribution is 5.57. The van der Waals surface area contributed by atoms with E-state index in [0.717, 1.165) is 6.07 Å². The van der Waals surface area contributed by atoms with Crippen LogP contribution in [0, 0.1) is 11.3 Å². The van der Waals surface area contributed by atoms with Crippen molar-refractivity contribution in [3.63, 3.8) is 0 Å². The molecule has 0 spiro atoms. The standard InChI is InChI=1S/C13H15F3N2O2/c1-18(7-10(19)8-20-2)12-4-3-9(6-17)5-11(12)13(14,15)16/h3-5,10,19H,7-8H2,1-2H3. The van der Waals surface area contributed by atoms with Crippen LogP contribution in [0.5, 0.6) is 0 Å². The van der Waals surface area contributed by atoms with Crippen molar-refractivity contribution in [1.29, 1.82) is 5.26 Å². The Hall–Kier alpha value is -1.78. The van der Waals surface area contributed by atoms with E-state index in [0.29, 0.717) is 0 Å². The van der Waals surface area contributed by atoms with E-state index in [1.165, 1.54) is 31.2 Å². The lowest BCUT2D eigenvalue weighted by atomic mass is 10.1. The highest BCUT2D eigenvalue weighted by Gasteiger charge is 2.35. The van der Waals surface area contributed by atoms with Gasteiger partial charge in [-0.25, -0.2) is 0 Å². The second-order valence-electron chi connectivity index (χ2n) is 4.33. The number of hydrogen-bond donors (Lipinski definition) is 1. The van der Waals surface area contributed by atoms with E-state index < -0.39 is 17.8 Å². The number of alkyl halides is 3. The zero-order valence-electron chi connectivity index (χ0n) is 11.1. The van der Waals surface area contributed by atoms with Gasteiger partial charge in [0.25, 0.3) is 0 Å². The minimum Gasteiger partial charge on any atom is -0.389 e. The summed E-state index contributed by atoms with van der Waals surface area (Å²) in [6.45, 7) is 0.0186. The monoisotopic (exact) mass is 288 g/mol. The Morgan fingerprint density at radius 1 is 1.45 bits per heavy atom. The Morgan fingerprint density at radius 2 is 2.10 bits per heavy atom. The fraction of sp³-hybridized carbons (Fsp3) is 0.462. The molecule has 1 aromatic rings. The van der Waals surface area contributed by atoms with Gasteiger partial charge in [0.05, 0.1) is 29.9 Å². The van der Waals surface area contributed by atoms with Crippen LogP contribution in [-0.2, 0) is 10.9 Å². The normalized spacial score (nSPS) is 12.8. The maximum absolute atomic E-state index is 13.0. The highest BCUT2D eigenvalue weighted by atomic mass is 19.4. The lowest BCUT2D eigenvalue weighted by Crippen LogP contribution is -2.33. The molecule has 110 valence electrons. The first kappa shape index (κ1) is 16.3. The third-order valence-corrected chi connectivity index (χ3v) is 2.69. The summed E-state index contributed by atoms with van der Waals surface area (Å²) in [6, 6.07) is 5.01. The van der Waals surface area contributed by atoms with Gasteiger partial charge in [-0.1, -0.05) is 0 Å². The molecule has 4 nitrogen and oxygen atoms in total. The van der Waals surface area contributed by atoms with Crippen LogP contribution in [-0.4, -0.2) is 38.5 Å². The SMILES string of the molecule is COCC(O)CN(C)c1ccc(C#N)cc1C(F)(F)F. The number of nitrogens with zero attached hydrogens (tertiary/aromatic N) is 2. The maximum Gasteiger partial charge on any atom is 0.418 e. The number of benzene rings is 1. The van der Waals surface area contributed by atoms with Gasteiger partial charge in [-0.15, -0.1) is 0 Å². The van der Waals surface area contributed by atoms with Gasteiger partial charge in [-0.2, -0.15) is 18.4 Å². The van der Waals surface area contributed by atoms with Crippen LogP contribution in [0.1, 0.15) is 11.1 Å². The number of methoxy groups -OCH3 is 1. The first-order valence-corrected chi connectivity index (χ1v) is 5.79. The summed E-state index contributed by atoms with van der Waals surface area (Å²) < 4.78 is 43.7. The van der Waals surface area contributed by atoms with Crippen molar-refractivity contribution in [2.75, 3.05) is 32.2 Å². The number of rotatable bonds is 5. The summed E-state index contributed by atoms with van der Waals surface area (Å²) in [7, 11) is 2.83. The van der Waals surface area contributed by atoms with Crippen molar-refractivity contribution in [3.8, 4) is 6.07 Å².